The maximum Gasteiger partial charge on any atom is 0.238 e. The van der Waals surface area contributed by atoms with Gasteiger partial charge in [0.1, 0.15) is 11.1 Å². The van der Waals surface area contributed by atoms with Gasteiger partial charge in [-0.25, -0.2) is 0 Å². The third-order valence-electron chi connectivity index (χ3n) is 4.66. The molecule has 0 radical (unpaired) electrons. The van der Waals surface area contributed by atoms with E-state index in [9.17, 15) is 4.79 Å². The number of anilines is 1. The molecule has 5 nitrogen and oxygen atoms in total. The van der Waals surface area contributed by atoms with Gasteiger partial charge in [0.15, 0.2) is 17.2 Å². The van der Waals surface area contributed by atoms with Gasteiger partial charge in [0.05, 0.1) is 25.7 Å². The van der Waals surface area contributed by atoms with Crippen molar-refractivity contribution in [3.8, 4) is 23.0 Å². The summed E-state index contributed by atoms with van der Waals surface area (Å²) in [6, 6.07) is 22.9. The van der Waals surface area contributed by atoms with Crippen molar-refractivity contribution in [2.75, 3.05) is 24.9 Å². The average Bonchev–Trinajstić information content (AvgIpc) is 3.15. The number of amides is 1. The fourth-order valence-electron chi connectivity index (χ4n) is 3.30. The van der Waals surface area contributed by atoms with Crippen LogP contribution < -0.4 is 19.1 Å². The van der Waals surface area contributed by atoms with E-state index in [2.05, 4.69) is 0 Å². The zero-order valence-electron chi connectivity index (χ0n) is 16.2. The molecule has 29 heavy (non-hydrogen) atoms. The molecule has 1 atom stereocenters. The number of methoxy groups -OCH3 is 2. The molecule has 0 unspecified atom stereocenters. The van der Waals surface area contributed by atoms with Crippen LogP contribution in [0, 0.1) is 0 Å². The Balaban J connectivity index is 1.71. The van der Waals surface area contributed by atoms with Crippen molar-refractivity contribution in [2.45, 2.75) is 5.37 Å². The van der Waals surface area contributed by atoms with Crippen LogP contribution in [-0.2, 0) is 4.79 Å². The zero-order chi connectivity index (χ0) is 20.2. The van der Waals surface area contributed by atoms with Crippen LogP contribution in [-0.4, -0.2) is 25.9 Å². The lowest BCUT2D eigenvalue weighted by Gasteiger charge is -2.26. The maximum atomic E-state index is 12.8. The average molecular weight is 407 g/mol. The number of carbonyl (C=O) groups is 1. The van der Waals surface area contributed by atoms with E-state index in [1.165, 1.54) is 0 Å². The summed E-state index contributed by atoms with van der Waals surface area (Å²) in [5.74, 6) is 3.10. The van der Waals surface area contributed by atoms with Crippen LogP contribution in [0.2, 0.25) is 0 Å². The monoisotopic (exact) mass is 407 g/mol. The zero-order valence-corrected chi connectivity index (χ0v) is 17.0. The molecule has 3 aromatic rings. The third kappa shape index (κ3) is 3.89. The summed E-state index contributed by atoms with van der Waals surface area (Å²) < 4.78 is 16.9. The molecule has 0 aliphatic carbocycles. The molecule has 0 spiro atoms. The van der Waals surface area contributed by atoms with Crippen molar-refractivity contribution in [2.24, 2.45) is 0 Å². The minimum atomic E-state index is -0.178. The SMILES string of the molecule is COc1ccc([C@H]2SCC(=O)N2c2ccccc2Oc2ccccc2)cc1OC. The minimum Gasteiger partial charge on any atom is -0.493 e. The number of hydrogen-bond acceptors (Lipinski definition) is 5. The number of hydrogen-bond donors (Lipinski definition) is 0. The molecule has 1 saturated heterocycles. The van der Waals surface area contributed by atoms with Gasteiger partial charge in [0, 0.05) is 0 Å². The number of thioether (sulfide) groups is 1. The van der Waals surface area contributed by atoms with E-state index >= 15 is 0 Å². The molecule has 1 aliphatic heterocycles. The molecule has 148 valence electrons. The summed E-state index contributed by atoms with van der Waals surface area (Å²) >= 11 is 1.58. The predicted octanol–water partition coefficient (Wildman–Crippen LogP) is 5.27. The predicted molar refractivity (Wildman–Crippen MR) is 115 cm³/mol. The van der Waals surface area contributed by atoms with E-state index < -0.39 is 0 Å². The molecule has 3 aromatic carbocycles. The molecule has 1 aliphatic rings. The quantitative estimate of drug-likeness (QED) is 0.557. The molecular weight excluding hydrogens is 386 g/mol. The first-order chi connectivity index (χ1) is 14.2. The number of ether oxygens (including phenoxy) is 3. The first-order valence-electron chi connectivity index (χ1n) is 9.19. The Hall–Kier alpha value is -3.12. The Kier molecular flexibility index (Phi) is 5.62. The van der Waals surface area contributed by atoms with Crippen molar-refractivity contribution in [3.05, 3.63) is 78.4 Å². The van der Waals surface area contributed by atoms with Gasteiger partial charge < -0.3 is 14.2 Å². The number of para-hydroxylation sites is 3. The van der Waals surface area contributed by atoms with Gasteiger partial charge in [-0.05, 0) is 42.0 Å². The first-order valence-corrected chi connectivity index (χ1v) is 10.2. The standard InChI is InChI=1S/C23H21NO4S/c1-26-20-13-12-16(14-21(20)27-2)23-24(22(25)15-29-23)18-10-6-7-11-19(18)28-17-8-4-3-5-9-17/h3-14,23H,15H2,1-2H3/t23-/m1/s1. The summed E-state index contributed by atoms with van der Waals surface area (Å²) in [5, 5.41) is -0.178. The second-order valence-electron chi connectivity index (χ2n) is 6.42. The Bertz CT molecular complexity index is 1010. The summed E-state index contributed by atoms with van der Waals surface area (Å²) in [7, 11) is 3.21. The van der Waals surface area contributed by atoms with E-state index in [1.54, 1.807) is 30.9 Å². The van der Waals surface area contributed by atoms with Crippen LogP contribution in [0.1, 0.15) is 10.9 Å². The van der Waals surface area contributed by atoms with Gasteiger partial charge in [-0.3, -0.25) is 9.69 Å². The molecule has 1 heterocycles. The highest BCUT2D eigenvalue weighted by molar-refractivity contribution is 8.00. The molecule has 0 saturated carbocycles. The van der Waals surface area contributed by atoms with Gasteiger partial charge >= 0.3 is 0 Å². The second-order valence-corrected chi connectivity index (χ2v) is 7.49. The lowest BCUT2D eigenvalue weighted by molar-refractivity contribution is -0.115. The van der Waals surface area contributed by atoms with E-state index in [0.717, 1.165) is 17.0 Å². The highest BCUT2D eigenvalue weighted by atomic mass is 32.2. The normalized spacial score (nSPS) is 16.0. The Labute approximate surface area is 174 Å². The molecule has 6 heteroatoms. The lowest BCUT2D eigenvalue weighted by atomic mass is 10.1. The molecule has 1 fully saturated rings. The molecule has 0 N–H and O–H groups in total. The Morgan fingerprint density at radius 1 is 0.862 bits per heavy atom. The molecule has 0 bridgehead atoms. The van der Waals surface area contributed by atoms with Crippen molar-refractivity contribution in [1.82, 2.24) is 0 Å². The largest absolute Gasteiger partial charge is 0.493 e. The highest BCUT2D eigenvalue weighted by Gasteiger charge is 2.36. The van der Waals surface area contributed by atoms with Crippen molar-refractivity contribution >= 4 is 23.4 Å². The van der Waals surface area contributed by atoms with Gasteiger partial charge in [0.2, 0.25) is 5.91 Å². The summed E-state index contributed by atoms with van der Waals surface area (Å²) in [4.78, 5) is 14.6. The minimum absolute atomic E-state index is 0.0406. The topological polar surface area (TPSA) is 48.0 Å². The fourth-order valence-corrected chi connectivity index (χ4v) is 4.45. The van der Waals surface area contributed by atoms with Crippen molar-refractivity contribution in [3.63, 3.8) is 0 Å². The van der Waals surface area contributed by atoms with Gasteiger partial charge in [0.25, 0.3) is 0 Å². The van der Waals surface area contributed by atoms with E-state index in [1.807, 2.05) is 72.8 Å². The van der Waals surface area contributed by atoms with Crippen LogP contribution in [0.5, 0.6) is 23.0 Å². The Morgan fingerprint density at radius 3 is 2.34 bits per heavy atom. The van der Waals surface area contributed by atoms with Crippen LogP contribution in [0.15, 0.2) is 72.8 Å². The highest BCUT2D eigenvalue weighted by Crippen LogP contribution is 2.46. The van der Waals surface area contributed by atoms with Crippen molar-refractivity contribution in [1.29, 1.82) is 0 Å². The van der Waals surface area contributed by atoms with Gasteiger partial charge in [-0.1, -0.05) is 36.4 Å². The van der Waals surface area contributed by atoms with Crippen LogP contribution in [0.4, 0.5) is 5.69 Å². The first kappa shape index (κ1) is 19.2. The lowest BCUT2D eigenvalue weighted by Crippen LogP contribution is -2.28. The molecule has 0 aromatic heterocycles. The van der Waals surface area contributed by atoms with E-state index in [-0.39, 0.29) is 11.3 Å². The van der Waals surface area contributed by atoms with Gasteiger partial charge in [-0.2, -0.15) is 0 Å². The fraction of sp³-hybridized carbons (Fsp3) is 0.174. The van der Waals surface area contributed by atoms with Crippen LogP contribution in [0.25, 0.3) is 0 Å². The Morgan fingerprint density at radius 2 is 1.59 bits per heavy atom. The number of benzene rings is 3. The summed E-state index contributed by atoms with van der Waals surface area (Å²) in [5.41, 5.74) is 1.71. The number of carbonyl (C=O) groups excluding carboxylic acids is 1. The second kappa shape index (κ2) is 8.49. The summed E-state index contributed by atoms with van der Waals surface area (Å²) in [6.45, 7) is 0. The molecule has 1 amide bonds. The maximum absolute atomic E-state index is 12.8. The van der Waals surface area contributed by atoms with Crippen LogP contribution >= 0.6 is 11.8 Å². The molecule has 4 rings (SSSR count). The smallest absolute Gasteiger partial charge is 0.238 e. The molecular formula is C23H21NO4S. The number of nitrogens with zero attached hydrogens (tertiary/aromatic N) is 1. The van der Waals surface area contributed by atoms with Crippen molar-refractivity contribution < 1.29 is 19.0 Å². The third-order valence-corrected chi connectivity index (χ3v) is 5.87. The van der Waals surface area contributed by atoms with E-state index in [4.69, 9.17) is 14.2 Å². The van der Waals surface area contributed by atoms with Crippen LogP contribution in [0.3, 0.4) is 0 Å². The van der Waals surface area contributed by atoms with Gasteiger partial charge in [-0.15, -0.1) is 11.8 Å². The summed E-state index contributed by atoms with van der Waals surface area (Å²) in [6.07, 6.45) is 0. The number of rotatable bonds is 6. The van der Waals surface area contributed by atoms with E-state index in [0.29, 0.717) is 23.0 Å².